The lowest BCUT2D eigenvalue weighted by atomic mass is 10.1. The van der Waals surface area contributed by atoms with Gasteiger partial charge in [0.15, 0.2) is 5.65 Å². The van der Waals surface area contributed by atoms with Gasteiger partial charge in [-0.2, -0.15) is 5.26 Å². The maximum Gasteiger partial charge on any atom is 0.233 e. The molecule has 1 fully saturated rings. The lowest BCUT2D eigenvalue weighted by Crippen LogP contribution is -2.32. The molecule has 26 heavy (non-hydrogen) atoms. The number of hydrogen-bond donors (Lipinski definition) is 1. The number of nitrogens with one attached hydrogen (secondary N) is 1. The van der Waals surface area contributed by atoms with Crippen LogP contribution in [0.5, 0.6) is 0 Å². The molecule has 1 aromatic carbocycles. The zero-order valence-electron chi connectivity index (χ0n) is 14.8. The Labute approximate surface area is 156 Å². The maximum absolute atomic E-state index is 12.4. The molecule has 6 heteroatoms. The van der Waals surface area contributed by atoms with Gasteiger partial charge in [-0.05, 0) is 49.9 Å². The van der Waals surface area contributed by atoms with Crippen molar-refractivity contribution in [2.45, 2.75) is 49.4 Å². The molecule has 4 rings (SSSR count). The molecule has 0 spiro atoms. The normalized spacial score (nSPS) is 15.1. The van der Waals surface area contributed by atoms with Gasteiger partial charge >= 0.3 is 0 Å². The van der Waals surface area contributed by atoms with Gasteiger partial charge in [0, 0.05) is 6.04 Å². The summed E-state index contributed by atoms with van der Waals surface area (Å²) in [6.07, 6.45) is 2.91. The van der Waals surface area contributed by atoms with E-state index in [-0.39, 0.29) is 11.2 Å². The van der Waals surface area contributed by atoms with Crippen LogP contribution in [0.1, 0.15) is 37.8 Å². The van der Waals surface area contributed by atoms with Gasteiger partial charge in [0.1, 0.15) is 6.07 Å². The summed E-state index contributed by atoms with van der Waals surface area (Å²) in [6, 6.07) is 12.6. The Morgan fingerprint density at radius 2 is 2.23 bits per heavy atom. The number of amides is 1. The van der Waals surface area contributed by atoms with Crippen molar-refractivity contribution in [2.24, 2.45) is 0 Å². The molecule has 0 radical (unpaired) electrons. The largest absolute Gasteiger partial charge is 0.352 e. The third kappa shape index (κ3) is 2.93. The van der Waals surface area contributed by atoms with Gasteiger partial charge in [0.25, 0.3) is 0 Å². The van der Waals surface area contributed by atoms with E-state index in [1.54, 1.807) is 0 Å². The highest BCUT2D eigenvalue weighted by Crippen LogP contribution is 2.32. The fraction of sp³-hybridized carbons (Fsp3) is 0.350. The van der Waals surface area contributed by atoms with Gasteiger partial charge in [-0.1, -0.05) is 30.8 Å². The minimum atomic E-state index is -0.211. The number of rotatable bonds is 5. The predicted octanol–water partition coefficient (Wildman–Crippen LogP) is 3.68. The van der Waals surface area contributed by atoms with Crippen LogP contribution in [0.25, 0.3) is 16.7 Å². The monoisotopic (exact) mass is 364 g/mol. The Balaban J connectivity index is 1.84. The Bertz CT molecular complexity index is 1050. The average molecular weight is 364 g/mol. The summed E-state index contributed by atoms with van der Waals surface area (Å²) in [4.78, 5) is 17.1. The van der Waals surface area contributed by atoms with Crippen molar-refractivity contribution in [1.82, 2.24) is 14.7 Å². The first-order valence-corrected chi connectivity index (χ1v) is 9.80. The summed E-state index contributed by atoms with van der Waals surface area (Å²) in [6.45, 7) is 3.96. The van der Waals surface area contributed by atoms with Crippen LogP contribution >= 0.6 is 11.8 Å². The number of nitrogens with zero attached hydrogens (tertiary/aromatic N) is 3. The number of benzene rings is 1. The molecule has 2 aromatic heterocycles. The van der Waals surface area contributed by atoms with Gasteiger partial charge in [-0.25, -0.2) is 4.98 Å². The fourth-order valence-corrected chi connectivity index (χ4v) is 4.15. The molecule has 1 atom stereocenters. The predicted molar refractivity (Wildman–Crippen MR) is 103 cm³/mol. The second-order valence-corrected chi connectivity index (χ2v) is 8.01. The molecular weight excluding hydrogens is 344 g/mol. The van der Waals surface area contributed by atoms with Crippen LogP contribution in [0, 0.1) is 11.3 Å². The van der Waals surface area contributed by atoms with E-state index in [2.05, 4.69) is 11.4 Å². The third-order valence-corrected chi connectivity index (χ3v) is 5.82. The van der Waals surface area contributed by atoms with Crippen LogP contribution in [0.4, 0.5) is 0 Å². The minimum absolute atomic E-state index is 0.0671. The Hall–Kier alpha value is -2.52. The quantitative estimate of drug-likeness (QED) is 0.701. The SMILES string of the molecule is CCc1cc(S[C@@H](C)C(=O)NC2CC2)n2c(nc3ccccc32)c1C#N. The first-order valence-electron chi connectivity index (χ1n) is 8.92. The molecule has 1 saturated carbocycles. The second kappa shape index (κ2) is 6.65. The Kier molecular flexibility index (Phi) is 4.33. The van der Waals surface area contributed by atoms with Crippen molar-refractivity contribution in [3.63, 3.8) is 0 Å². The molecule has 1 N–H and O–H groups in total. The summed E-state index contributed by atoms with van der Waals surface area (Å²) in [5.41, 5.74) is 4.06. The van der Waals surface area contributed by atoms with E-state index in [1.807, 2.05) is 48.6 Å². The van der Waals surface area contributed by atoms with Gasteiger partial charge in [-0.15, -0.1) is 0 Å². The van der Waals surface area contributed by atoms with E-state index in [0.29, 0.717) is 17.3 Å². The Morgan fingerprint density at radius 1 is 1.46 bits per heavy atom. The van der Waals surface area contributed by atoms with Crippen molar-refractivity contribution in [3.8, 4) is 6.07 Å². The van der Waals surface area contributed by atoms with Crippen molar-refractivity contribution < 1.29 is 4.79 Å². The molecule has 1 amide bonds. The molecular formula is C20H20N4OS. The van der Waals surface area contributed by atoms with Crippen molar-refractivity contribution in [2.75, 3.05) is 0 Å². The van der Waals surface area contributed by atoms with Gasteiger partial charge in [0.05, 0.1) is 26.9 Å². The molecule has 1 aliphatic rings. The number of aromatic nitrogens is 2. The zero-order valence-corrected chi connectivity index (χ0v) is 15.6. The number of imidazole rings is 1. The number of pyridine rings is 1. The minimum Gasteiger partial charge on any atom is -0.352 e. The van der Waals surface area contributed by atoms with Crippen molar-refractivity contribution in [1.29, 1.82) is 5.26 Å². The van der Waals surface area contributed by atoms with Crippen molar-refractivity contribution in [3.05, 3.63) is 41.5 Å². The van der Waals surface area contributed by atoms with Gasteiger partial charge in [-0.3, -0.25) is 9.20 Å². The molecule has 0 saturated heterocycles. The van der Waals surface area contributed by atoms with Crippen molar-refractivity contribution >= 4 is 34.3 Å². The number of hydrogen-bond acceptors (Lipinski definition) is 4. The second-order valence-electron chi connectivity index (χ2n) is 6.65. The number of fused-ring (bicyclic) bond motifs is 3. The summed E-state index contributed by atoms with van der Waals surface area (Å²) >= 11 is 1.52. The topological polar surface area (TPSA) is 70.2 Å². The zero-order chi connectivity index (χ0) is 18.3. The lowest BCUT2D eigenvalue weighted by molar-refractivity contribution is -0.120. The Morgan fingerprint density at radius 3 is 2.92 bits per heavy atom. The molecule has 0 aliphatic heterocycles. The maximum atomic E-state index is 12.4. The van der Waals surface area contributed by atoms with E-state index in [4.69, 9.17) is 4.98 Å². The summed E-state index contributed by atoms with van der Waals surface area (Å²) in [5, 5.41) is 13.5. The van der Waals surface area contributed by atoms with E-state index < -0.39 is 0 Å². The summed E-state index contributed by atoms with van der Waals surface area (Å²) < 4.78 is 2.01. The molecule has 1 aliphatic carbocycles. The number of carbonyl (C=O) groups is 1. The van der Waals surface area contributed by atoms with Crippen LogP contribution in [0.15, 0.2) is 35.4 Å². The highest BCUT2D eigenvalue weighted by Gasteiger charge is 2.27. The third-order valence-electron chi connectivity index (χ3n) is 4.71. The van der Waals surface area contributed by atoms with Crippen LogP contribution in [-0.2, 0) is 11.2 Å². The van der Waals surface area contributed by atoms with Crippen LogP contribution in [0.3, 0.4) is 0 Å². The number of para-hydroxylation sites is 2. The molecule has 0 unspecified atom stereocenters. The van der Waals surface area contributed by atoms with Crippen LogP contribution in [0.2, 0.25) is 0 Å². The number of aryl methyl sites for hydroxylation is 1. The average Bonchev–Trinajstić information content (AvgIpc) is 3.37. The standard InChI is InChI=1S/C20H20N4OS/c1-3-13-10-18(26-12(2)20(25)22-14-8-9-14)24-17-7-5-4-6-16(17)23-19(24)15(13)11-21/h4-7,10,12,14H,3,8-9H2,1-2H3,(H,22,25)/t12-/m0/s1. The summed E-state index contributed by atoms with van der Waals surface area (Å²) in [7, 11) is 0. The molecule has 5 nitrogen and oxygen atoms in total. The molecule has 2 heterocycles. The van der Waals surface area contributed by atoms with Gasteiger partial charge < -0.3 is 5.32 Å². The highest BCUT2D eigenvalue weighted by molar-refractivity contribution is 8.00. The molecule has 3 aromatic rings. The van der Waals surface area contributed by atoms with E-state index in [1.165, 1.54) is 11.8 Å². The van der Waals surface area contributed by atoms with Crippen LogP contribution < -0.4 is 5.32 Å². The van der Waals surface area contributed by atoms with Gasteiger partial charge in [0.2, 0.25) is 5.91 Å². The summed E-state index contributed by atoms with van der Waals surface area (Å²) in [5.74, 6) is 0.0671. The first-order chi connectivity index (χ1) is 12.6. The molecule has 0 bridgehead atoms. The first kappa shape index (κ1) is 16.9. The number of carbonyl (C=O) groups excluding carboxylic acids is 1. The lowest BCUT2D eigenvalue weighted by Gasteiger charge is -2.15. The highest BCUT2D eigenvalue weighted by atomic mass is 32.2. The number of thioether (sulfide) groups is 1. The molecule has 132 valence electrons. The van der Waals surface area contributed by atoms with Crippen LogP contribution in [-0.4, -0.2) is 26.6 Å². The smallest absolute Gasteiger partial charge is 0.233 e. The fourth-order valence-electron chi connectivity index (χ4n) is 3.11. The van der Waals surface area contributed by atoms with E-state index in [9.17, 15) is 10.1 Å². The number of nitriles is 1. The van der Waals surface area contributed by atoms with E-state index >= 15 is 0 Å². The van der Waals surface area contributed by atoms with E-state index in [0.717, 1.165) is 40.9 Å².